The van der Waals surface area contributed by atoms with Crippen LogP contribution in [0.2, 0.25) is 0 Å². The van der Waals surface area contributed by atoms with Crippen LogP contribution in [0.5, 0.6) is 0 Å². The fourth-order valence-electron chi connectivity index (χ4n) is 11.1. The van der Waals surface area contributed by atoms with Gasteiger partial charge in [-0.15, -0.1) is 0 Å². The molecule has 0 saturated heterocycles. The first-order valence-corrected chi connectivity index (χ1v) is 41.0. The predicted molar refractivity (Wildman–Crippen MR) is 372 cm³/mol. The number of phosphoric acid groups is 2. The van der Waals surface area contributed by atoms with Gasteiger partial charge in [-0.25, -0.2) is 9.13 Å². The third kappa shape index (κ3) is 66.7. The average molecular weight is 1350 g/mol. The molecule has 19 heteroatoms. The van der Waals surface area contributed by atoms with Gasteiger partial charge in [-0.05, 0) is 37.5 Å². The molecule has 0 spiro atoms. The molecule has 5 atom stereocenters. The van der Waals surface area contributed by atoms with Gasteiger partial charge in [-0.3, -0.25) is 37.3 Å². The topological polar surface area (TPSA) is 237 Å². The van der Waals surface area contributed by atoms with Gasteiger partial charge in [0.05, 0.1) is 26.4 Å². The molecule has 0 rings (SSSR count). The Hall–Kier alpha value is -1.94. The highest BCUT2D eigenvalue weighted by Crippen LogP contribution is 2.45. The molecular weight excluding hydrogens is 1210 g/mol. The van der Waals surface area contributed by atoms with Crippen LogP contribution in [0.25, 0.3) is 0 Å². The van der Waals surface area contributed by atoms with Gasteiger partial charge in [0.1, 0.15) is 19.3 Å². The van der Waals surface area contributed by atoms with E-state index in [4.69, 9.17) is 37.0 Å². The van der Waals surface area contributed by atoms with E-state index in [0.29, 0.717) is 25.7 Å². The van der Waals surface area contributed by atoms with Crippen molar-refractivity contribution in [3.05, 3.63) is 0 Å². The van der Waals surface area contributed by atoms with Crippen molar-refractivity contribution >= 4 is 39.5 Å². The summed E-state index contributed by atoms with van der Waals surface area (Å²) in [5.41, 5.74) is 0. The second-order valence-electron chi connectivity index (χ2n) is 27.3. The minimum atomic E-state index is -4.95. The lowest BCUT2D eigenvalue weighted by molar-refractivity contribution is -0.161. The molecule has 0 heterocycles. The van der Waals surface area contributed by atoms with Crippen molar-refractivity contribution in [2.24, 2.45) is 11.8 Å². The normalized spacial score (nSPS) is 14.1. The SMILES string of the molecule is CCCCCCCCCCCCCCC(=O)O[C@H](COC(=O)CCCCCCCCCC)COP(=O)(O)OC[C@H](O)COP(=O)(O)OC[C@@H](COC(=O)CCCCCCCCCCCCCC(C)C)OC(=O)CCCCCCCCCCCCCCCCCC(C)C. The van der Waals surface area contributed by atoms with Crippen molar-refractivity contribution in [1.29, 1.82) is 0 Å². The van der Waals surface area contributed by atoms with Crippen LogP contribution in [0.1, 0.15) is 375 Å². The summed E-state index contributed by atoms with van der Waals surface area (Å²) in [5, 5.41) is 10.6. The van der Waals surface area contributed by atoms with Crippen molar-refractivity contribution in [1.82, 2.24) is 0 Å². The van der Waals surface area contributed by atoms with Crippen LogP contribution in [0.3, 0.4) is 0 Å². The van der Waals surface area contributed by atoms with Gasteiger partial charge in [-0.2, -0.15) is 0 Å². The van der Waals surface area contributed by atoms with E-state index in [1.165, 1.54) is 186 Å². The summed E-state index contributed by atoms with van der Waals surface area (Å²) >= 11 is 0. The van der Waals surface area contributed by atoms with Gasteiger partial charge in [0.15, 0.2) is 12.2 Å². The van der Waals surface area contributed by atoms with Crippen LogP contribution >= 0.6 is 15.6 Å². The second-order valence-corrected chi connectivity index (χ2v) is 30.2. The van der Waals surface area contributed by atoms with Crippen molar-refractivity contribution in [3.8, 4) is 0 Å². The van der Waals surface area contributed by atoms with Crippen molar-refractivity contribution in [2.75, 3.05) is 39.6 Å². The summed E-state index contributed by atoms with van der Waals surface area (Å²) in [6, 6.07) is 0. The van der Waals surface area contributed by atoms with E-state index in [1.807, 2.05) is 0 Å². The van der Waals surface area contributed by atoms with Crippen LogP contribution in [-0.4, -0.2) is 96.7 Å². The minimum Gasteiger partial charge on any atom is -0.462 e. The summed E-state index contributed by atoms with van der Waals surface area (Å²) in [4.78, 5) is 72.6. The van der Waals surface area contributed by atoms with Gasteiger partial charge < -0.3 is 33.8 Å². The van der Waals surface area contributed by atoms with E-state index in [0.717, 1.165) is 108 Å². The Bertz CT molecular complexity index is 1790. The van der Waals surface area contributed by atoms with E-state index in [2.05, 4.69) is 41.5 Å². The number of aliphatic hydroxyl groups excluding tert-OH is 1. The maximum atomic E-state index is 13.1. The molecular formula is C73H142O17P2. The number of ether oxygens (including phenoxy) is 4. The molecule has 0 aliphatic rings. The molecule has 0 aliphatic heterocycles. The number of phosphoric ester groups is 2. The van der Waals surface area contributed by atoms with Crippen LogP contribution in [0, 0.1) is 11.8 Å². The largest absolute Gasteiger partial charge is 0.472 e. The minimum absolute atomic E-state index is 0.107. The van der Waals surface area contributed by atoms with Gasteiger partial charge in [0.2, 0.25) is 0 Å². The second kappa shape index (κ2) is 65.0. The van der Waals surface area contributed by atoms with Crippen LogP contribution < -0.4 is 0 Å². The van der Waals surface area contributed by atoms with E-state index in [9.17, 15) is 43.2 Å². The number of esters is 4. The third-order valence-electron chi connectivity index (χ3n) is 17.0. The number of aliphatic hydroxyl groups is 1. The first kappa shape index (κ1) is 90.1. The van der Waals surface area contributed by atoms with E-state index >= 15 is 0 Å². The highest BCUT2D eigenvalue weighted by atomic mass is 31.2. The quantitative estimate of drug-likeness (QED) is 0.0222. The molecule has 0 aromatic carbocycles. The predicted octanol–water partition coefficient (Wildman–Crippen LogP) is 21.2. The number of unbranched alkanes of at least 4 members (excludes halogenated alkanes) is 42. The Kier molecular flexibility index (Phi) is 63.7. The molecule has 0 amide bonds. The maximum absolute atomic E-state index is 13.1. The van der Waals surface area contributed by atoms with E-state index in [-0.39, 0.29) is 25.7 Å². The molecule has 0 bridgehead atoms. The first-order chi connectivity index (χ1) is 44.4. The van der Waals surface area contributed by atoms with Crippen LogP contribution in [0.4, 0.5) is 0 Å². The van der Waals surface area contributed by atoms with Gasteiger partial charge in [0, 0.05) is 25.7 Å². The number of carbonyl (C=O) groups is 4. The number of carbonyl (C=O) groups excluding carboxylic acids is 4. The Morgan fingerprint density at radius 2 is 0.500 bits per heavy atom. The average Bonchev–Trinajstić information content (AvgIpc) is 2.60. The van der Waals surface area contributed by atoms with E-state index < -0.39 is 97.5 Å². The fraction of sp³-hybridized carbons (Fsp3) is 0.945. The zero-order valence-electron chi connectivity index (χ0n) is 59.9. The monoisotopic (exact) mass is 1350 g/mol. The number of hydrogen-bond donors (Lipinski definition) is 3. The lowest BCUT2D eigenvalue weighted by Gasteiger charge is -2.21. The van der Waals surface area contributed by atoms with E-state index in [1.54, 1.807) is 0 Å². The van der Waals surface area contributed by atoms with Crippen LogP contribution in [0.15, 0.2) is 0 Å². The summed E-state index contributed by atoms with van der Waals surface area (Å²) in [6.45, 7) is 9.58. The molecule has 2 unspecified atom stereocenters. The van der Waals surface area contributed by atoms with Gasteiger partial charge in [-0.1, -0.05) is 324 Å². The molecule has 0 saturated carbocycles. The van der Waals surface area contributed by atoms with Crippen molar-refractivity contribution in [2.45, 2.75) is 394 Å². The van der Waals surface area contributed by atoms with Crippen LogP contribution in [-0.2, 0) is 65.4 Å². The lowest BCUT2D eigenvalue weighted by Crippen LogP contribution is -2.30. The molecule has 0 aliphatic carbocycles. The zero-order chi connectivity index (χ0) is 67.9. The summed E-state index contributed by atoms with van der Waals surface area (Å²) in [6.07, 6.45) is 51.3. The molecule has 0 aromatic heterocycles. The molecule has 3 N–H and O–H groups in total. The molecule has 17 nitrogen and oxygen atoms in total. The molecule has 92 heavy (non-hydrogen) atoms. The summed E-state index contributed by atoms with van der Waals surface area (Å²) in [5.74, 6) is -0.547. The number of rotatable bonds is 72. The molecule has 0 fully saturated rings. The maximum Gasteiger partial charge on any atom is 0.472 e. The van der Waals surface area contributed by atoms with Crippen molar-refractivity contribution < 1.29 is 80.2 Å². The number of hydrogen-bond acceptors (Lipinski definition) is 15. The zero-order valence-corrected chi connectivity index (χ0v) is 61.6. The highest BCUT2D eigenvalue weighted by molar-refractivity contribution is 7.47. The molecule has 0 radical (unpaired) electrons. The van der Waals surface area contributed by atoms with Gasteiger partial charge >= 0.3 is 39.5 Å². The Labute approximate surface area is 562 Å². The molecule has 546 valence electrons. The standard InChI is InChI=1S/C73H142O17P2/c1-7-9-11-13-15-17-18-27-33-39-45-51-57-72(77)89-68(61-83-70(75)55-49-43-37-16-14-12-10-8-2)63-87-91(79,80)85-59-67(74)60-86-92(81,82)88-64-69(62-84-71(76)56-50-44-38-32-29-24-26-31-36-42-48-54-66(5)6)90-73(78)58-52-46-40-34-28-23-21-19-20-22-25-30-35-41-47-53-65(3)4/h65-69,74H,7-64H2,1-6H3,(H,79,80)(H,81,82)/t67-,68+,69+/m0/s1. The Balaban J connectivity index is 5.21. The first-order valence-electron chi connectivity index (χ1n) is 38.0. The van der Waals surface area contributed by atoms with Crippen molar-refractivity contribution in [3.63, 3.8) is 0 Å². The Morgan fingerprint density at radius 3 is 0.739 bits per heavy atom. The lowest BCUT2D eigenvalue weighted by atomic mass is 10.0. The van der Waals surface area contributed by atoms with Gasteiger partial charge in [0.25, 0.3) is 0 Å². The fourth-order valence-corrected chi connectivity index (χ4v) is 12.7. The summed E-state index contributed by atoms with van der Waals surface area (Å²) in [7, 11) is -9.90. The molecule has 0 aromatic rings. The highest BCUT2D eigenvalue weighted by Gasteiger charge is 2.30. The smallest absolute Gasteiger partial charge is 0.462 e. The third-order valence-corrected chi connectivity index (χ3v) is 18.9. The Morgan fingerprint density at radius 1 is 0.293 bits per heavy atom. The summed E-state index contributed by atoms with van der Waals surface area (Å²) < 4.78 is 68.3.